The summed E-state index contributed by atoms with van der Waals surface area (Å²) in [5, 5.41) is 8.66. The zero-order valence-corrected chi connectivity index (χ0v) is 11.0. The molecule has 0 saturated carbocycles. The number of hydrogen-bond acceptors (Lipinski definition) is 3. The van der Waals surface area contributed by atoms with Crippen LogP contribution >= 0.6 is 0 Å². The third-order valence-electron chi connectivity index (χ3n) is 2.73. The first-order valence-electron chi connectivity index (χ1n) is 6.41. The minimum atomic E-state index is -0.0220. The van der Waals surface area contributed by atoms with Crippen LogP contribution < -0.4 is 4.74 Å². The Bertz CT molecular complexity index is 571. The molecular formula is C17H16O3. The van der Waals surface area contributed by atoms with Gasteiger partial charge in [0, 0.05) is 5.56 Å². The van der Waals surface area contributed by atoms with Crippen molar-refractivity contribution < 1.29 is 14.6 Å². The first kappa shape index (κ1) is 14.0. The molecule has 0 bridgehead atoms. The van der Waals surface area contributed by atoms with Gasteiger partial charge in [-0.15, -0.1) is 0 Å². The summed E-state index contributed by atoms with van der Waals surface area (Å²) in [5.41, 5.74) is 1.59. The number of carbonyl (C=O) groups excluding carboxylic acids is 1. The maximum absolute atomic E-state index is 11.9. The first-order valence-corrected chi connectivity index (χ1v) is 6.41. The van der Waals surface area contributed by atoms with Crippen molar-refractivity contribution in [2.24, 2.45) is 0 Å². The summed E-state index contributed by atoms with van der Waals surface area (Å²) >= 11 is 0. The van der Waals surface area contributed by atoms with E-state index in [2.05, 4.69) is 0 Å². The van der Waals surface area contributed by atoms with Crippen molar-refractivity contribution in [1.82, 2.24) is 0 Å². The van der Waals surface area contributed by atoms with E-state index in [0.717, 1.165) is 5.56 Å². The van der Waals surface area contributed by atoms with Gasteiger partial charge in [-0.3, -0.25) is 4.79 Å². The third kappa shape index (κ3) is 4.07. The Hall–Kier alpha value is -2.39. The molecule has 3 nitrogen and oxygen atoms in total. The second-order valence-corrected chi connectivity index (χ2v) is 4.20. The molecule has 1 N–H and O–H groups in total. The summed E-state index contributed by atoms with van der Waals surface area (Å²) in [4.78, 5) is 11.9. The maximum Gasteiger partial charge on any atom is 0.185 e. The number of aliphatic hydroxyl groups excluding tert-OH is 1. The summed E-state index contributed by atoms with van der Waals surface area (Å²) in [6.45, 7) is 0.273. The van der Waals surface area contributed by atoms with Crippen molar-refractivity contribution in [2.75, 3.05) is 13.2 Å². The van der Waals surface area contributed by atoms with Crippen LogP contribution in [-0.2, 0) is 0 Å². The quantitative estimate of drug-likeness (QED) is 0.647. The molecule has 0 aliphatic rings. The number of aliphatic hydroxyl groups is 1. The summed E-state index contributed by atoms with van der Waals surface area (Å²) in [5.74, 6) is 0.678. The molecule has 3 heteroatoms. The van der Waals surface area contributed by atoms with Gasteiger partial charge < -0.3 is 9.84 Å². The monoisotopic (exact) mass is 268 g/mol. The highest BCUT2D eigenvalue weighted by molar-refractivity contribution is 6.06. The van der Waals surface area contributed by atoms with Crippen LogP contribution in [-0.4, -0.2) is 24.1 Å². The van der Waals surface area contributed by atoms with Crippen LogP contribution in [0.5, 0.6) is 5.75 Å². The molecule has 0 radical (unpaired) electrons. The molecule has 0 atom stereocenters. The van der Waals surface area contributed by atoms with Gasteiger partial charge >= 0.3 is 0 Å². The molecule has 20 heavy (non-hydrogen) atoms. The van der Waals surface area contributed by atoms with Crippen LogP contribution in [0, 0.1) is 0 Å². The summed E-state index contributed by atoms with van der Waals surface area (Å²) in [7, 11) is 0. The average molecular weight is 268 g/mol. The highest BCUT2D eigenvalue weighted by atomic mass is 16.5. The van der Waals surface area contributed by atoms with Crippen LogP contribution in [0.25, 0.3) is 6.08 Å². The Morgan fingerprint density at radius 2 is 1.75 bits per heavy atom. The second kappa shape index (κ2) is 7.26. The van der Waals surface area contributed by atoms with Gasteiger partial charge in [0.15, 0.2) is 5.78 Å². The molecule has 0 aliphatic heterocycles. The lowest BCUT2D eigenvalue weighted by Crippen LogP contribution is -2.01. The molecular weight excluding hydrogens is 252 g/mol. The largest absolute Gasteiger partial charge is 0.491 e. The molecule has 0 aromatic heterocycles. The number of benzene rings is 2. The van der Waals surface area contributed by atoms with E-state index in [0.29, 0.717) is 11.3 Å². The molecule has 0 spiro atoms. The van der Waals surface area contributed by atoms with Gasteiger partial charge in [0.25, 0.3) is 0 Å². The summed E-state index contributed by atoms with van der Waals surface area (Å²) < 4.78 is 5.26. The lowest BCUT2D eigenvalue weighted by Gasteiger charge is -2.03. The van der Waals surface area contributed by atoms with Crippen molar-refractivity contribution in [1.29, 1.82) is 0 Å². The summed E-state index contributed by atoms with van der Waals surface area (Å²) in [6.07, 6.45) is 3.32. The lowest BCUT2D eigenvalue weighted by molar-refractivity contribution is 0.104. The van der Waals surface area contributed by atoms with E-state index in [1.54, 1.807) is 24.3 Å². The molecule has 2 rings (SSSR count). The normalized spacial score (nSPS) is 10.7. The van der Waals surface area contributed by atoms with Crippen molar-refractivity contribution in [3.8, 4) is 5.75 Å². The molecule has 2 aromatic carbocycles. The lowest BCUT2D eigenvalue weighted by atomic mass is 10.1. The number of ether oxygens (including phenoxy) is 1. The first-order chi connectivity index (χ1) is 9.79. The molecule has 0 heterocycles. The molecule has 0 amide bonds. The predicted octanol–water partition coefficient (Wildman–Crippen LogP) is 2.95. The van der Waals surface area contributed by atoms with Crippen LogP contribution in [0.15, 0.2) is 60.7 Å². The summed E-state index contributed by atoms with van der Waals surface area (Å²) in [6, 6.07) is 16.5. The Labute approximate surface area is 118 Å². The van der Waals surface area contributed by atoms with Crippen LogP contribution in [0.3, 0.4) is 0 Å². The fourth-order valence-electron chi connectivity index (χ4n) is 1.71. The standard InChI is InChI=1S/C17H16O3/c18-12-13-20-16-9-6-14(7-10-16)8-11-17(19)15-4-2-1-3-5-15/h1-11,18H,12-13H2. The SMILES string of the molecule is O=C(C=Cc1ccc(OCCO)cc1)c1ccccc1. The molecule has 0 unspecified atom stereocenters. The predicted molar refractivity (Wildman–Crippen MR) is 78.8 cm³/mol. The number of carbonyl (C=O) groups is 1. The van der Waals surface area contributed by atoms with E-state index in [4.69, 9.17) is 9.84 Å². The Morgan fingerprint density at radius 1 is 1.05 bits per heavy atom. The van der Waals surface area contributed by atoms with Gasteiger partial charge in [-0.05, 0) is 23.8 Å². The van der Waals surface area contributed by atoms with Gasteiger partial charge in [0.1, 0.15) is 12.4 Å². The van der Waals surface area contributed by atoms with Gasteiger partial charge in [-0.1, -0.05) is 48.5 Å². The number of ketones is 1. The number of rotatable bonds is 6. The van der Waals surface area contributed by atoms with Gasteiger partial charge in [-0.25, -0.2) is 0 Å². The third-order valence-corrected chi connectivity index (χ3v) is 2.73. The molecule has 0 saturated heterocycles. The Morgan fingerprint density at radius 3 is 2.40 bits per heavy atom. The van der Waals surface area contributed by atoms with E-state index >= 15 is 0 Å². The van der Waals surface area contributed by atoms with E-state index in [-0.39, 0.29) is 19.0 Å². The van der Waals surface area contributed by atoms with E-state index < -0.39 is 0 Å². The maximum atomic E-state index is 11.9. The van der Waals surface area contributed by atoms with Gasteiger partial charge in [-0.2, -0.15) is 0 Å². The van der Waals surface area contributed by atoms with Crippen molar-refractivity contribution in [3.05, 3.63) is 71.8 Å². The topological polar surface area (TPSA) is 46.5 Å². The van der Waals surface area contributed by atoms with Crippen molar-refractivity contribution in [2.45, 2.75) is 0 Å². The van der Waals surface area contributed by atoms with E-state index in [1.807, 2.05) is 42.5 Å². The zero-order valence-electron chi connectivity index (χ0n) is 11.0. The fraction of sp³-hybridized carbons (Fsp3) is 0.118. The fourth-order valence-corrected chi connectivity index (χ4v) is 1.71. The molecule has 2 aromatic rings. The van der Waals surface area contributed by atoms with E-state index in [1.165, 1.54) is 0 Å². The van der Waals surface area contributed by atoms with E-state index in [9.17, 15) is 4.79 Å². The second-order valence-electron chi connectivity index (χ2n) is 4.20. The number of hydrogen-bond donors (Lipinski definition) is 1. The van der Waals surface area contributed by atoms with Crippen LogP contribution in [0.2, 0.25) is 0 Å². The number of allylic oxidation sites excluding steroid dienone is 1. The Balaban J connectivity index is 1.99. The Kier molecular flexibility index (Phi) is 5.09. The highest BCUT2D eigenvalue weighted by Gasteiger charge is 1.99. The smallest absolute Gasteiger partial charge is 0.185 e. The van der Waals surface area contributed by atoms with Gasteiger partial charge in [0.05, 0.1) is 6.61 Å². The minimum Gasteiger partial charge on any atom is -0.491 e. The highest BCUT2D eigenvalue weighted by Crippen LogP contribution is 2.13. The zero-order chi connectivity index (χ0) is 14.2. The van der Waals surface area contributed by atoms with Crippen molar-refractivity contribution >= 4 is 11.9 Å². The molecule has 0 fully saturated rings. The van der Waals surface area contributed by atoms with Crippen molar-refractivity contribution in [3.63, 3.8) is 0 Å². The molecule has 102 valence electrons. The van der Waals surface area contributed by atoms with Crippen LogP contribution in [0.1, 0.15) is 15.9 Å². The average Bonchev–Trinajstić information content (AvgIpc) is 2.52. The van der Waals surface area contributed by atoms with Gasteiger partial charge in [0.2, 0.25) is 0 Å². The minimum absolute atomic E-state index is 0.00671. The van der Waals surface area contributed by atoms with Crippen LogP contribution in [0.4, 0.5) is 0 Å². The molecule has 0 aliphatic carbocycles.